The molecule has 0 spiro atoms. The number of aliphatic hydroxyl groups is 3. The van der Waals surface area contributed by atoms with Gasteiger partial charge in [0.05, 0.1) is 0 Å². The van der Waals surface area contributed by atoms with E-state index in [-0.39, 0.29) is 4.71 Å². The summed E-state index contributed by atoms with van der Waals surface area (Å²) < 4.78 is 4.70. The Bertz CT molecular complexity index is 150. The first-order valence-electron chi connectivity index (χ1n) is 3.42. The fourth-order valence-corrected chi connectivity index (χ4v) is 1.62. The van der Waals surface area contributed by atoms with Crippen molar-refractivity contribution in [3.63, 3.8) is 0 Å². The van der Waals surface area contributed by atoms with Crippen LogP contribution in [0.25, 0.3) is 0 Å². The third-order valence-corrected chi connectivity index (χ3v) is 3.89. The summed E-state index contributed by atoms with van der Waals surface area (Å²) in [4.78, 5) is 0. The number of rotatable bonds is 0. The Morgan fingerprint density at radius 1 is 1.55 bits per heavy atom. The molecule has 1 saturated heterocycles. The fourth-order valence-electron chi connectivity index (χ4n) is 0.970. The van der Waals surface area contributed by atoms with Crippen LogP contribution >= 0.6 is 0 Å². The van der Waals surface area contributed by atoms with Gasteiger partial charge in [0.2, 0.25) is 0 Å². The second-order valence-electron chi connectivity index (χ2n) is 3.00. The molecule has 5 atom stereocenters. The first-order valence-corrected chi connectivity index (χ1v) is 4.82. The molecule has 11 heavy (non-hydrogen) atoms. The van der Waals surface area contributed by atoms with Crippen LogP contribution < -0.4 is 0 Å². The molecule has 0 aliphatic carbocycles. The van der Waals surface area contributed by atoms with Crippen LogP contribution in [0.3, 0.4) is 0 Å². The Hall–Kier alpha value is 0.398. The molecule has 1 aliphatic heterocycles. The summed E-state index contributed by atoms with van der Waals surface area (Å²) in [6.07, 6.45) is -2.45. The quantitative estimate of drug-likeness (QED) is 0.411. The molecule has 4 nitrogen and oxygen atoms in total. The Balaban J connectivity index is 2.72. The molecular formula is C6H13AsO4. The van der Waals surface area contributed by atoms with E-state index >= 15 is 0 Å². The minimum absolute atomic E-state index is 0.103. The van der Waals surface area contributed by atoms with E-state index in [1.165, 1.54) is 23.8 Å². The summed E-state index contributed by atoms with van der Waals surface area (Å²) in [5.74, 6) is 0. The monoisotopic (exact) mass is 224 g/mol. The summed E-state index contributed by atoms with van der Waals surface area (Å²) in [5.41, 5.74) is -1.22. The molecule has 0 radical (unpaired) electrons. The molecule has 1 fully saturated rings. The van der Waals surface area contributed by atoms with Gasteiger partial charge in [-0.3, -0.25) is 0 Å². The molecule has 3 N–H and O–H groups in total. The van der Waals surface area contributed by atoms with Gasteiger partial charge in [-0.15, -0.1) is 0 Å². The SMILES string of the molecule is C[C@@]1(O)[C@H]([AsH2])CO[C@H](O)[C@@H]1O. The number of hydrogen-bond donors (Lipinski definition) is 3. The van der Waals surface area contributed by atoms with Gasteiger partial charge in [0, 0.05) is 0 Å². The van der Waals surface area contributed by atoms with Crippen molar-refractivity contribution >= 4 is 16.9 Å². The third-order valence-electron chi connectivity index (χ3n) is 2.07. The van der Waals surface area contributed by atoms with Crippen LogP contribution in [0.5, 0.6) is 0 Å². The van der Waals surface area contributed by atoms with Crippen LogP contribution in [0.2, 0.25) is 4.71 Å². The second kappa shape index (κ2) is 3.03. The van der Waals surface area contributed by atoms with E-state index in [9.17, 15) is 10.2 Å². The van der Waals surface area contributed by atoms with Gasteiger partial charge in [0.15, 0.2) is 0 Å². The van der Waals surface area contributed by atoms with Crippen molar-refractivity contribution < 1.29 is 20.1 Å². The molecule has 0 aromatic heterocycles. The van der Waals surface area contributed by atoms with Crippen molar-refractivity contribution in [3.05, 3.63) is 0 Å². The van der Waals surface area contributed by atoms with E-state index < -0.39 is 18.0 Å². The van der Waals surface area contributed by atoms with E-state index in [1.807, 2.05) is 0 Å². The first-order chi connectivity index (χ1) is 4.96. The van der Waals surface area contributed by atoms with E-state index in [1.54, 1.807) is 0 Å². The van der Waals surface area contributed by atoms with E-state index in [4.69, 9.17) is 9.84 Å². The van der Waals surface area contributed by atoms with E-state index in [0.29, 0.717) is 6.61 Å². The molecule has 1 unspecified atom stereocenters. The van der Waals surface area contributed by atoms with E-state index in [0.717, 1.165) is 0 Å². The average molecular weight is 224 g/mol. The summed E-state index contributed by atoms with van der Waals surface area (Å²) in [5, 5.41) is 27.9. The number of ether oxygens (including phenoxy) is 1. The normalized spacial score (nSPS) is 52.6. The van der Waals surface area contributed by atoms with Crippen LogP contribution in [-0.4, -0.2) is 56.8 Å². The van der Waals surface area contributed by atoms with E-state index in [2.05, 4.69) is 0 Å². The molecule has 0 amide bonds. The Labute approximate surface area is 73.7 Å². The van der Waals surface area contributed by atoms with Crippen LogP contribution in [0.4, 0.5) is 0 Å². The molecule has 0 bridgehead atoms. The van der Waals surface area contributed by atoms with Crippen molar-refractivity contribution in [2.45, 2.75) is 29.6 Å². The van der Waals surface area contributed by atoms with Gasteiger partial charge in [0.25, 0.3) is 0 Å². The molecule has 0 aromatic rings. The third kappa shape index (κ3) is 1.60. The molecule has 1 heterocycles. The Morgan fingerprint density at radius 2 is 2.09 bits per heavy atom. The van der Waals surface area contributed by atoms with Crippen LogP contribution in [0.1, 0.15) is 6.92 Å². The summed E-state index contributed by atoms with van der Waals surface area (Å²) in [7, 11) is 0. The molecule has 0 saturated carbocycles. The summed E-state index contributed by atoms with van der Waals surface area (Å²) in [6.45, 7) is 1.81. The standard InChI is InChI=1S/C6H13AsO4/c1-6(10)3(7)2-11-5(9)4(6)8/h3-5,8-10H,2,7H2,1H3/t3-,4+,5+,6-/m1/s1. The number of aliphatic hydroxyl groups excluding tert-OH is 2. The zero-order chi connectivity index (χ0) is 8.65. The van der Waals surface area contributed by atoms with Gasteiger partial charge in [-0.25, -0.2) is 0 Å². The van der Waals surface area contributed by atoms with Crippen molar-refractivity contribution in [1.29, 1.82) is 0 Å². The van der Waals surface area contributed by atoms with Crippen LogP contribution in [-0.2, 0) is 4.74 Å². The molecular weight excluding hydrogens is 211 g/mol. The van der Waals surface area contributed by atoms with Crippen molar-refractivity contribution in [3.8, 4) is 0 Å². The van der Waals surface area contributed by atoms with Crippen molar-refractivity contribution in [1.82, 2.24) is 0 Å². The van der Waals surface area contributed by atoms with Gasteiger partial charge >= 0.3 is 73.1 Å². The molecule has 5 heteroatoms. The van der Waals surface area contributed by atoms with Crippen molar-refractivity contribution in [2.75, 3.05) is 6.61 Å². The summed E-state index contributed by atoms with van der Waals surface area (Å²) in [6, 6.07) is 0. The molecule has 66 valence electrons. The predicted octanol–water partition coefficient (Wildman–Crippen LogP) is -2.13. The minimum atomic E-state index is -1.25. The zero-order valence-electron chi connectivity index (χ0n) is 6.27. The fraction of sp³-hybridized carbons (Fsp3) is 1.00. The predicted molar refractivity (Wildman–Crippen MR) is 40.9 cm³/mol. The molecule has 0 aromatic carbocycles. The Kier molecular flexibility index (Phi) is 2.62. The van der Waals surface area contributed by atoms with Gasteiger partial charge < -0.3 is 0 Å². The zero-order valence-corrected chi connectivity index (χ0v) is 8.69. The topological polar surface area (TPSA) is 69.9 Å². The molecule has 1 rings (SSSR count). The van der Waals surface area contributed by atoms with Crippen LogP contribution in [0.15, 0.2) is 0 Å². The first kappa shape index (κ1) is 9.49. The Morgan fingerprint density at radius 3 is 2.55 bits per heavy atom. The van der Waals surface area contributed by atoms with Crippen LogP contribution in [0, 0.1) is 0 Å². The average Bonchev–Trinajstić information content (AvgIpc) is 1.95. The van der Waals surface area contributed by atoms with Gasteiger partial charge in [-0.1, -0.05) is 0 Å². The van der Waals surface area contributed by atoms with Gasteiger partial charge in [-0.05, 0) is 0 Å². The van der Waals surface area contributed by atoms with Gasteiger partial charge in [-0.2, -0.15) is 0 Å². The number of hydrogen-bond acceptors (Lipinski definition) is 4. The van der Waals surface area contributed by atoms with Gasteiger partial charge in [0.1, 0.15) is 0 Å². The summed E-state index contributed by atoms with van der Waals surface area (Å²) >= 11 is 1.30. The maximum absolute atomic E-state index is 9.61. The van der Waals surface area contributed by atoms with Crippen molar-refractivity contribution in [2.24, 2.45) is 0 Å². The maximum atomic E-state index is 9.61. The second-order valence-corrected chi connectivity index (χ2v) is 4.69. The molecule has 1 aliphatic rings.